The molecule has 0 unspecified atom stereocenters. The van der Waals surface area contributed by atoms with Crippen LogP contribution in [0.5, 0.6) is 0 Å². The first kappa shape index (κ1) is 18.6. The average Bonchev–Trinajstić information content (AvgIpc) is 2.70. The van der Waals surface area contributed by atoms with Gasteiger partial charge in [-0.05, 0) is 73.4 Å². The van der Waals surface area contributed by atoms with Gasteiger partial charge in [-0.25, -0.2) is 4.98 Å². The van der Waals surface area contributed by atoms with Gasteiger partial charge in [0, 0.05) is 37.9 Å². The number of likely N-dealkylation sites (N-methyl/N-ethyl adjacent to an activating group) is 1. The molecule has 1 aromatic carbocycles. The maximum Gasteiger partial charge on any atom is 0.255 e. The second kappa shape index (κ2) is 8.45. The SMILES string of the molecule is Cc1ccc(Nc2ccc(C(=O)N(C)CCc3ccncc3)cn2)cc1C. The molecule has 3 aromatic rings. The molecule has 0 saturated carbocycles. The first-order valence-electron chi connectivity index (χ1n) is 8.97. The topological polar surface area (TPSA) is 58.1 Å². The van der Waals surface area contributed by atoms with Crippen molar-refractivity contribution in [3.8, 4) is 0 Å². The van der Waals surface area contributed by atoms with E-state index in [0.29, 0.717) is 17.9 Å². The van der Waals surface area contributed by atoms with Crippen molar-refractivity contribution >= 4 is 17.4 Å². The lowest BCUT2D eigenvalue weighted by Crippen LogP contribution is -2.28. The van der Waals surface area contributed by atoms with E-state index in [0.717, 1.165) is 17.7 Å². The Labute approximate surface area is 160 Å². The number of carbonyl (C=O) groups is 1. The number of aryl methyl sites for hydroxylation is 2. The van der Waals surface area contributed by atoms with Gasteiger partial charge in [0.15, 0.2) is 0 Å². The fraction of sp³-hybridized carbons (Fsp3) is 0.227. The van der Waals surface area contributed by atoms with Crippen LogP contribution in [0.4, 0.5) is 11.5 Å². The third-order valence-corrected chi connectivity index (χ3v) is 4.62. The van der Waals surface area contributed by atoms with Crippen molar-refractivity contribution in [3.63, 3.8) is 0 Å². The van der Waals surface area contributed by atoms with Crippen LogP contribution in [0.2, 0.25) is 0 Å². The van der Waals surface area contributed by atoms with E-state index in [1.807, 2.05) is 37.4 Å². The normalized spacial score (nSPS) is 10.5. The minimum Gasteiger partial charge on any atom is -0.341 e. The number of nitrogens with zero attached hydrogens (tertiary/aromatic N) is 3. The van der Waals surface area contributed by atoms with Crippen LogP contribution in [0.25, 0.3) is 0 Å². The van der Waals surface area contributed by atoms with Gasteiger partial charge in [0.2, 0.25) is 0 Å². The highest BCUT2D eigenvalue weighted by Crippen LogP contribution is 2.18. The summed E-state index contributed by atoms with van der Waals surface area (Å²) < 4.78 is 0. The summed E-state index contributed by atoms with van der Waals surface area (Å²) in [4.78, 5) is 22.7. The highest BCUT2D eigenvalue weighted by atomic mass is 16.2. The molecule has 138 valence electrons. The Morgan fingerprint density at radius 1 is 1.04 bits per heavy atom. The Kier molecular flexibility index (Phi) is 5.81. The van der Waals surface area contributed by atoms with E-state index in [9.17, 15) is 4.79 Å². The number of rotatable bonds is 6. The zero-order chi connectivity index (χ0) is 19.2. The molecule has 0 bridgehead atoms. The first-order valence-corrected chi connectivity index (χ1v) is 8.97. The molecular formula is C22H24N4O. The molecule has 0 aliphatic carbocycles. The Hall–Kier alpha value is -3.21. The standard InChI is InChI=1S/C22H24N4O/c1-16-4-6-20(14-17(16)2)25-21-7-5-19(15-24-21)22(27)26(3)13-10-18-8-11-23-12-9-18/h4-9,11-12,14-15H,10,13H2,1-3H3,(H,24,25). The molecule has 1 amide bonds. The van der Waals surface area contributed by atoms with Crippen LogP contribution in [0, 0.1) is 13.8 Å². The Morgan fingerprint density at radius 2 is 1.81 bits per heavy atom. The summed E-state index contributed by atoms with van der Waals surface area (Å²) in [6.45, 7) is 4.81. The van der Waals surface area contributed by atoms with Crippen LogP contribution < -0.4 is 5.32 Å². The molecule has 0 fully saturated rings. The summed E-state index contributed by atoms with van der Waals surface area (Å²) >= 11 is 0. The second-order valence-corrected chi connectivity index (χ2v) is 6.69. The first-order chi connectivity index (χ1) is 13.0. The number of hydrogen-bond donors (Lipinski definition) is 1. The predicted molar refractivity (Wildman–Crippen MR) is 108 cm³/mol. The Morgan fingerprint density at radius 3 is 2.48 bits per heavy atom. The number of carbonyl (C=O) groups excluding carboxylic acids is 1. The average molecular weight is 360 g/mol. The van der Waals surface area contributed by atoms with E-state index < -0.39 is 0 Å². The number of benzene rings is 1. The van der Waals surface area contributed by atoms with Gasteiger partial charge in [0.25, 0.3) is 5.91 Å². The van der Waals surface area contributed by atoms with E-state index in [1.54, 1.807) is 23.5 Å². The van der Waals surface area contributed by atoms with Gasteiger partial charge in [-0.15, -0.1) is 0 Å². The molecule has 0 saturated heterocycles. The molecule has 5 nitrogen and oxygen atoms in total. The van der Waals surface area contributed by atoms with Gasteiger partial charge < -0.3 is 10.2 Å². The van der Waals surface area contributed by atoms with Crippen molar-refractivity contribution < 1.29 is 4.79 Å². The van der Waals surface area contributed by atoms with E-state index in [4.69, 9.17) is 0 Å². The molecule has 0 spiro atoms. The Balaban J connectivity index is 1.60. The second-order valence-electron chi connectivity index (χ2n) is 6.69. The van der Waals surface area contributed by atoms with Crippen LogP contribution in [0.15, 0.2) is 61.1 Å². The summed E-state index contributed by atoms with van der Waals surface area (Å²) in [5.41, 5.74) is 5.21. The molecule has 2 aromatic heterocycles. The third-order valence-electron chi connectivity index (χ3n) is 4.62. The zero-order valence-electron chi connectivity index (χ0n) is 15.9. The van der Waals surface area contributed by atoms with Gasteiger partial charge in [-0.3, -0.25) is 9.78 Å². The lowest BCUT2D eigenvalue weighted by Gasteiger charge is -2.17. The summed E-state index contributed by atoms with van der Waals surface area (Å²) in [5, 5.41) is 3.27. The van der Waals surface area contributed by atoms with Crippen molar-refractivity contribution in [2.75, 3.05) is 18.9 Å². The van der Waals surface area contributed by atoms with E-state index in [1.165, 1.54) is 11.1 Å². The van der Waals surface area contributed by atoms with E-state index >= 15 is 0 Å². The van der Waals surface area contributed by atoms with Gasteiger partial charge in [0.05, 0.1) is 5.56 Å². The maximum absolute atomic E-state index is 12.6. The number of nitrogens with one attached hydrogen (secondary N) is 1. The fourth-order valence-corrected chi connectivity index (χ4v) is 2.73. The van der Waals surface area contributed by atoms with Crippen molar-refractivity contribution in [1.29, 1.82) is 0 Å². The number of anilines is 2. The number of aromatic nitrogens is 2. The van der Waals surface area contributed by atoms with Crippen LogP contribution in [-0.2, 0) is 6.42 Å². The van der Waals surface area contributed by atoms with Gasteiger partial charge in [-0.2, -0.15) is 0 Å². The van der Waals surface area contributed by atoms with Gasteiger partial charge in [0.1, 0.15) is 5.82 Å². The zero-order valence-corrected chi connectivity index (χ0v) is 15.9. The number of hydrogen-bond acceptors (Lipinski definition) is 4. The summed E-state index contributed by atoms with van der Waals surface area (Å²) in [6, 6.07) is 13.8. The highest BCUT2D eigenvalue weighted by Gasteiger charge is 2.12. The lowest BCUT2D eigenvalue weighted by atomic mass is 10.1. The van der Waals surface area contributed by atoms with E-state index in [2.05, 4.69) is 41.3 Å². The number of pyridine rings is 2. The monoisotopic (exact) mass is 360 g/mol. The van der Waals surface area contributed by atoms with Crippen molar-refractivity contribution in [2.24, 2.45) is 0 Å². The Bertz CT molecular complexity index is 907. The number of amides is 1. The molecule has 5 heteroatoms. The lowest BCUT2D eigenvalue weighted by molar-refractivity contribution is 0.0796. The quantitative estimate of drug-likeness (QED) is 0.717. The molecule has 3 rings (SSSR count). The molecule has 27 heavy (non-hydrogen) atoms. The third kappa shape index (κ3) is 4.91. The van der Waals surface area contributed by atoms with Crippen molar-refractivity contribution in [3.05, 3.63) is 83.3 Å². The highest BCUT2D eigenvalue weighted by molar-refractivity contribution is 5.94. The molecule has 0 aliphatic heterocycles. The maximum atomic E-state index is 12.6. The smallest absolute Gasteiger partial charge is 0.255 e. The van der Waals surface area contributed by atoms with Crippen LogP contribution >= 0.6 is 0 Å². The van der Waals surface area contributed by atoms with Crippen LogP contribution in [0.3, 0.4) is 0 Å². The molecule has 1 N–H and O–H groups in total. The van der Waals surface area contributed by atoms with Crippen molar-refractivity contribution in [1.82, 2.24) is 14.9 Å². The van der Waals surface area contributed by atoms with Crippen LogP contribution in [-0.4, -0.2) is 34.4 Å². The molecular weight excluding hydrogens is 336 g/mol. The molecule has 0 aliphatic rings. The summed E-state index contributed by atoms with van der Waals surface area (Å²) in [7, 11) is 1.81. The van der Waals surface area contributed by atoms with Crippen molar-refractivity contribution in [2.45, 2.75) is 20.3 Å². The van der Waals surface area contributed by atoms with E-state index in [-0.39, 0.29) is 5.91 Å². The largest absolute Gasteiger partial charge is 0.341 e. The predicted octanol–water partition coefficient (Wildman–Crippen LogP) is 4.15. The molecule has 0 atom stereocenters. The summed E-state index contributed by atoms with van der Waals surface area (Å²) in [6.07, 6.45) is 5.95. The van der Waals surface area contributed by atoms with Crippen LogP contribution in [0.1, 0.15) is 27.0 Å². The van der Waals surface area contributed by atoms with Gasteiger partial charge >= 0.3 is 0 Å². The minimum absolute atomic E-state index is 0.0331. The molecule has 2 heterocycles. The van der Waals surface area contributed by atoms with Gasteiger partial charge in [-0.1, -0.05) is 6.07 Å². The fourth-order valence-electron chi connectivity index (χ4n) is 2.73. The minimum atomic E-state index is -0.0331. The molecule has 0 radical (unpaired) electrons. The summed E-state index contributed by atoms with van der Waals surface area (Å²) in [5.74, 6) is 0.684.